The zero-order chi connectivity index (χ0) is 23.0. The molecule has 9 nitrogen and oxygen atoms in total. The average molecular weight is 454 g/mol. The quantitative estimate of drug-likeness (QED) is 0.443. The maximum atomic E-state index is 12.8. The first kappa shape index (κ1) is 21.4. The van der Waals surface area contributed by atoms with Crippen LogP contribution in [0.4, 0.5) is 4.79 Å². The predicted molar refractivity (Wildman–Crippen MR) is 116 cm³/mol. The molecule has 1 atom stereocenters. The number of aromatic carboxylic acids is 1. The Morgan fingerprint density at radius 2 is 1.97 bits per heavy atom. The van der Waals surface area contributed by atoms with Gasteiger partial charge in [-0.25, -0.2) is 9.59 Å². The van der Waals surface area contributed by atoms with E-state index in [2.05, 4.69) is 4.74 Å². The SMILES string of the molecule is COC(=O)[C@@H](C)N1C(=O)S/C(=C/c2cn(Cc3ccc(C(=O)O)o3)c3ccccc23)C1=O. The Morgan fingerprint density at radius 3 is 2.66 bits per heavy atom. The lowest BCUT2D eigenvalue weighted by Gasteiger charge is -2.18. The van der Waals surface area contributed by atoms with Crippen molar-refractivity contribution in [2.75, 3.05) is 7.11 Å². The molecule has 0 radical (unpaired) electrons. The van der Waals surface area contributed by atoms with Gasteiger partial charge in [0.15, 0.2) is 0 Å². The van der Waals surface area contributed by atoms with E-state index in [0.717, 1.165) is 27.6 Å². The van der Waals surface area contributed by atoms with Crippen molar-refractivity contribution in [1.82, 2.24) is 9.47 Å². The molecule has 4 rings (SSSR count). The minimum Gasteiger partial charge on any atom is -0.475 e. The number of nitrogens with zero attached hydrogens (tertiary/aromatic N) is 2. The van der Waals surface area contributed by atoms with Crippen molar-refractivity contribution in [3.8, 4) is 0 Å². The number of carbonyl (C=O) groups is 4. The van der Waals surface area contributed by atoms with E-state index < -0.39 is 29.1 Å². The summed E-state index contributed by atoms with van der Waals surface area (Å²) < 4.78 is 11.9. The summed E-state index contributed by atoms with van der Waals surface area (Å²) in [6.45, 7) is 1.72. The van der Waals surface area contributed by atoms with Crippen LogP contribution in [-0.4, -0.2) is 50.8 Å². The monoisotopic (exact) mass is 454 g/mol. The van der Waals surface area contributed by atoms with Crippen LogP contribution in [-0.2, 0) is 20.9 Å². The molecule has 2 aromatic heterocycles. The molecule has 1 N–H and O–H groups in total. The van der Waals surface area contributed by atoms with Crippen LogP contribution in [0.5, 0.6) is 0 Å². The van der Waals surface area contributed by atoms with E-state index in [1.807, 2.05) is 28.8 Å². The van der Waals surface area contributed by atoms with Gasteiger partial charge in [-0.3, -0.25) is 14.5 Å². The Bertz CT molecular complexity index is 1290. The molecule has 164 valence electrons. The molecular weight excluding hydrogens is 436 g/mol. The van der Waals surface area contributed by atoms with Crippen molar-refractivity contribution >= 4 is 51.8 Å². The Balaban J connectivity index is 1.68. The summed E-state index contributed by atoms with van der Waals surface area (Å²) in [6.07, 6.45) is 3.41. The van der Waals surface area contributed by atoms with E-state index in [1.165, 1.54) is 20.1 Å². The van der Waals surface area contributed by atoms with Gasteiger partial charge in [-0.1, -0.05) is 18.2 Å². The van der Waals surface area contributed by atoms with Crippen molar-refractivity contribution in [2.45, 2.75) is 19.5 Å². The van der Waals surface area contributed by atoms with E-state index in [0.29, 0.717) is 11.3 Å². The van der Waals surface area contributed by atoms with Crippen LogP contribution >= 0.6 is 11.8 Å². The normalized spacial score (nSPS) is 16.2. The zero-order valence-corrected chi connectivity index (χ0v) is 17.9. The number of carbonyl (C=O) groups excluding carboxylic acids is 3. The lowest BCUT2D eigenvalue weighted by molar-refractivity contribution is -0.148. The number of hydrogen-bond acceptors (Lipinski definition) is 7. The van der Waals surface area contributed by atoms with Gasteiger partial charge in [0.25, 0.3) is 11.1 Å². The summed E-state index contributed by atoms with van der Waals surface area (Å²) in [5.41, 5.74) is 1.54. The summed E-state index contributed by atoms with van der Waals surface area (Å²) in [5.74, 6) is -2.07. The molecule has 0 saturated carbocycles. The van der Waals surface area contributed by atoms with Crippen molar-refractivity contribution in [1.29, 1.82) is 0 Å². The first-order valence-electron chi connectivity index (χ1n) is 9.55. The molecule has 0 bridgehead atoms. The van der Waals surface area contributed by atoms with Gasteiger partial charge in [-0.2, -0.15) is 0 Å². The molecule has 0 unspecified atom stereocenters. The van der Waals surface area contributed by atoms with E-state index in [4.69, 9.17) is 9.52 Å². The number of benzene rings is 1. The number of aromatic nitrogens is 1. The maximum absolute atomic E-state index is 12.8. The van der Waals surface area contributed by atoms with Gasteiger partial charge >= 0.3 is 11.9 Å². The molecule has 1 aromatic carbocycles. The summed E-state index contributed by atoms with van der Waals surface area (Å²) in [4.78, 5) is 49.1. The fraction of sp³-hybridized carbons (Fsp3) is 0.182. The largest absolute Gasteiger partial charge is 0.475 e. The maximum Gasteiger partial charge on any atom is 0.371 e. The number of esters is 1. The summed E-state index contributed by atoms with van der Waals surface area (Å²) in [5, 5.41) is 9.35. The fourth-order valence-corrected chi connectivity index (χ4v) is 4.40. The third kappa shape index (κ3) is 3.80. The summed E-state index contributed by atoms with van der Waals surface area (Å²) >= 11 is 0.759. The van der Waals surface area contributed by atoms with Gasteiger partial charge in [-0.15, -0.1) is 0 Å². The predicted octanol–water partition coefficient (Wildman–Crippen LogP) is 3.58. The Kier molecular flexibility index (Phi) is 5.62. The van der Waals surface area contributed by atoms with Crippen LogP contribution in [0, 0.1) is 0 Å². The van der Waals surface area contributed by atoms with E-state index >= 15 is 0 Å². The van der Waals surface area contributed by atoms with Crippen molar-refractivity contribution < 1.29 is 33.4 Å². The number of carboxylic acid groups (broad SMARTS) is 1. The number of thioether (sulfide) groups is 1. The highest BCUT2D eigenvalue weighted by atomic mass is 32.2. The molecule has 32 heavy (non-hydrogen) atoms. The van der Waals surface area contributed by atoms with Crippen LogP contribution in [0.15, 0.2) is 51.9 Å². The van der Waals surface area contributed by atoms with E-state index in [1.54, 1.807) is 18.3 Å². The van der Waals surface area contributed by atoms with Gasteiger partial charge in [0.1, 0.15) is 11.8 Å². The summed E-state index contributed by atoms with van der Waals surface area (Å²) in [7, 11) is 1.20. The molecule has 1 aliphatic rings. The van der Waals surface area contributed by atoms with Gasteiger partial charge in [0, 0.05) is 22.7 Å². The van der Waals surface area contributed by atoms with Gasteiger partial charge in [0.2, 0.25) is 5.76 Å². The molecular formula is C22H18N2O7S. The minimum absolute atomic E-state index is 0.148. The summed E-state index contributed by atoms with van der Waals surface area (Å²) in [6, 6.07) is 9.44. The standard InChI is InChI=1S/C22H18N2O7S/c1-12(21(28)30-2)24-19(25)18(32-22(24)29)9-13-10-23(16-6-4-3-5-15(13)16)11-14-7-8-17(31-14)20(26)27/h3-10,12H,11H2,1-2H3,(H,26,27)/b18-9+/t12-/m1/s1. The molecule has 3 heterocycles. The number of imide groups is 1. The number of methoxy groups -OCH3 is 1. The molecule has 1 saturated heterocycles. The Labute approximate surface area is 186 Å². The molecule has 3 aromatic rings. The first-order chi connectivity index (χ1) is 15.3. The minimum atomic E-state index is -1.15. The fourth-order valence-electron chi connectivity index (χ4n) is 3.50. The average Bonchev–Trinajstić information content (AvgIpc) is 3.45. The van der Waals surface area contributed by atoms with Gasteiger partial charge in [-0.05, 0) is 43.0 Å². The first-order valence-corrected chi connectivity index (χ1v) is 10.4. The smallest absolute Gasteiger partial charge is 0.371 e. The number of rotatable bonds is 6. The molecule has 0 aliphatic carbocycles. The number of carboxylic acids is 1. The van der Waals surface area contributed by atoms with Crippen LogP contribution in [0.1, 0.15) is 28.8 Å². The third-order valence-electron chi connectivity index (χ3n) is 5.06. The molecule has 1 fully saturated rings. The van der Waals surface area contributed by atoms with Crippen molar-refractivity contribution in [3.05, 3.63) is 64.6 Å². The second-order valence-corrected chi connectivity index (χ2v) is 8.04. The second kappa shape index (κ2) is 8.39. The molecule has 10 heteroatoms. The number of furan rings is 1. The van der Waals surface area contributed by atoms with Crippen molar-refractivity contribution in [3.63, 3.8) is 0 Å². The van der Waals surface area contributed by atoms with Crippen LogP contribution in [0.3, 0.4) is 0 Å². The highest BCUT2D eigenvalue weighted by Crippen LogP contribution is 2.35. The molecule has 0 spiro atoms. The lowest BCUT2D eigenvalue weighted by atomic mass is 10.1. The highest BCUT2D eigenvalue weighted by molar-refractivity contribution is 8.18. The topological polar surface area (TPSA) is 119 Å². The Hall–Kier alpha value is -3.79. The van der Waals surface area contributed by atoms with Crippen LogP contribution in [0.2, 0.25) is 0 Å². The van der Waals surface area contributed by atoms with Gasteiger partial charge in [0.05, 0.1) is 18.6 Å². The van der Waals surface area contributed by atoms with Crippen molar-refractivity contribution in [2.24, 2.45) is 0 Å². The molecule has 1 aliphatic heterocycles. The van der Waals surface area contributed by atoms with Crippen LogP contribution < -0.4 is 0 Å². The number of hydrogen-bond donors (Lipinski definition) is 1. The second-order valence-electron chi connectivity index (χ2n) is 7.05. The number of para-hydroxylation sites is 1. The van der Waals surface area contributed by atoms with E-state index in [-0.39, 0.29) is 17.2 Å². The number of ether oxygens (including phenoxy) is 1. The van der Waals surface area contributed by atoms with E-state index in [9.17, 15) is 19.2 Å². The lowest BCUT2D eigenvalue weighted by Crippen LogP contribution is -2.42. The van der Waals surface area contributed by atoms with Gasteiger partial charge < -0.3 is 18.8 Å². The third-order valence-corrected chi connectivity index (χ3v) is 5.94. The van der Waals surface area contributed by atoms with Crippen LogP contribution in [0.25, 0.3) is 17.0 Å². The number of amides is 2. The zero-order valence-electron chi connectivity index (χ0n) is 17.1. The highest BCUT2D eigenvalue weighted by Gasteiger charge is 2.41. The Morgan fingerprint density at radius 1 is 1.22 bits per heavy atom. The molecule has 2 amide bonds. The number of fused-ring (bicyclic) bond motifs is 1.